The van der Waals surface area contributed by atoms with Crippen LogP contribution in [0.4, 0.5) is 5.69 Å². The van der Waals surface area contributed by atoms with Gasteiger partial charge in [0.25, 0.3) is 0 Å². The van der Waals surface area contributed by atoms with E-state index >= 15 is 0 Å². The van der Waals surface area contributed by atoms with Crippen molar-refractivity contribution in [1.29, 1.82) is 0 Å². The van der Waals surface area contributed by atoms with E-state index in [9.17, 15) is 4.79 Å². The molecule has 0 saturated heterocycles. The molecule has 0 fully saturated rings. The Balaban J connectivity index is 2.21. The summed E-state index contributed by atoms with van der Waals surface area (Å²) >= 11 is 0. The molecule has 0 radical (unpaired) electrons. The number of aryl methyl sites for hydroxylation is 3. The van der Waals surface area contributed by atoms with Gasteiger partial charge in [0.1, 0.15) is 12.4 Å². The lowest BCUT2D eigenvalue weighted by molar-refractivity contribution is 0.304. The van der Waals surface area contributed by atoms with Crippen LogP contribution < -0.4 is 4.74 Å². The minimum atomic E-state index is 0.380. The molecule has 0 aliphatic heterocycles. The van der Waals surface area contributed by atoms with Gasteiger partial charge in [-0.15, -0.1) is 0 Å². The van der Waals surface area contributed by atoms with Crippen LogP contribution in [0.15, 0.2) is 41.4 Å². The smallest absolute Gasteiger partial charge is 0.240 e. The minimum Gasteiger partial charge on any atom is -0.489 e. The molecule has 0 saturated carbocycles. The highest BCUT2D eigenvalue weighted by Gasteiger charge is 2.05. The Kier molecular flexibility index (Phi) is 4.34. The number of hydrogen-bond acceptors (Lipinski definition) is 3. The molecule has 0 aromatic heterocycles. The second-order valence-corrected chi connectivity index (χ2v) is 4.82. The van der Waals surface area contributed by atoms with Crippen LogP contribution in [-0.2, 0) is 11.4 Å². The molecule has 2 aromatic carbocycles. The molecule has 0 bridgehead atoms. The van der Waals surface area contributed by atoms with Crippen LogP contribution in [0, 0.1) is 20.8 Å². The molecule has 0 atom stereocenters. The fourth-order valence-electron chi connectivity index (χ4n) is 2.04. The first-order valence-electron chi connectivity index (χ1n) is 6.48. The number of nitrogens with zero attached hydrogens (tertiary/aromatic N) is 1. The second-order valence-electron chi connectivity index (χ2n) is 4.82. The van der Waals surface area contributed by atoms with Gasteiger partial charge in [0.15, 0.2) is 0 Å². The molecule has 0 aliphatic carbocycles. The SMILES string of the molecule is Cc1cc(C)c(OCc2ccccc2N=C=O)cc1C. The summed E-state index contributed by atoms with van der Waals surface area (Å²) in [5.41, 5.74) is 5.02. The predicted molar refractivity (Wildman–Crippen MR) is 79.2 cm³/mol. The van der Waals surface area contributed by atoms with Crippen LogP contribution in [0.1, 0.15) is 22.3 Å². The molecule has 0 amide bonds. The van der Waals surface area contributed by atoms with Crippen molar-refractivity contribution >= 4 is 11.8 Å². The van der Waals surface area contributed by atoms with Crippen molar-refractivity contribution in [2.24, 2.45) is 4.99 Å². The fourth-order valence-corrected chi connectivity index (χ4v) is 2.04. The molecule has 0 unspecified atom stereocenters. The quantitative estimate of drug-likeness (QED) is 0.616. The van der Waals surface area contributed by atoms with E-state index < -0.39 is 0 Å². The van der Waals surface area contributed by atoms with Crippen molar-refractivity contribution in [3.05, 3.63) is 58.7 Å². The molecule has 0 aliphatic rings. The lowest BCUT2D eigenvalue weighted by atomic mass is 10.1. The third-order valence-corrected chi connectivity index (χ3v) is 3.33. The first kappa shape index (κ1) is 14.0. The van der Waals surface area contributed by atoms with E-state index in [1.165, 1.54) is 11.1 Å². The Bertz CT molecular complexity index is 671. The average molecular weight is 267 g/mol. The van der Waals surface area contributed by atoms with Crippen LogP contribution in [0.25, 0.3) is 0 Å². The Labute approximate surface area is 118 Å². The molecule has 2 aromatic rings. The van der Waals surface area contributed by atoms with E-state index in [2.05, 4.69) is 24.9 Å². The highest BCUT2D eigenvalue weighted by atomic mass is 16.5. The number of aliphatic imine (C=N–C) groups is 1. The van der Waals surface area contributed by atoms with Crippen molar-refractivity contribution in [3.8, 4) is 5.75 Å². The molecule has 0 heterocycles. The van der Waals surface area contributed by atoms with Gasteiger partial charge in [-0.3, -0.25) is 0 Å². The lowest BCUT2D eigenvalue weighted by Crippen LogP contribution is -1.98. The standard InChI is InChI=1S/C17H17NO2/c1-12-8-14(3)17(9-13(12)2)20-10-15-6-4-5-7-16(15)18-11-19/h4-9H,10H2,1-3H3. The van der Waals surface area contributed by atoms with Crippen LogP contribution >= 0.6 is 0 Å². The number of carbonyl (C=O) groups excluding carboxylic acids is 1. The third-order valence-electron chi connectivity index (χ3n) is 3.33. The van der Waals surface area contributed by atoms with Crippen molar-refractivity contribution < 1.29 is 9.53 Å². The van der Waals surface area contributed by atoms with E-state index in [4.69, 9.17) is 4.74 Å². The van der Waals surface area contributed by atoms with Gasteiger partial charge < -0.3 is 4.74 Å². The summed E-state index contributed by atoms with van der Waals surface area (Å²) in [4.78, 5) is 14.1. The van der Waals surface area contributed by atoms with Gasteiger partial charge in [-0.05, 0) is 49.6 Å². The van der Waals surface area contributed by atoms with Crippen molar-refractivity contribution in [3.63, 3.8) is 0 Å². The topological polar surface area (TPSA) is 38.7 Å². The highest BCUT2D eigenvalue weighted by Crippen LogP contribution is 2.25. The van der Waals surface area contributed by atoms with Crippen LogP contribution in [-0.4, -0.2) is 6.08 Å². The maximum atomic E-state index is 10.4. The van der Waals surface area contributed by atoms with Crippen molar-refractivity contribution in [2.45, 2.75) is 27.4 Å². The Morgan fingerprint density at radius 1 is 1.05 bits per heavy atom. The van der Waals surface area contributed by atoms with Crippen molar-refractivity contribution in [1.82, 2.24) is 0 Å². The maximum absolute atomic E-state index is 10.4. The first-order valence-corrected chi connectivity index (χ1v) is 6.48. The van der Waals surface area contributed by atoms with Crippen LogP contribution in [0.3, 0.4) is 0 Å². The molecule has 3 nitrogen and oxygen atoms in total. The number of rotatable bonds is 4. The van der Waals surface area contributed by atoms with E-state index in [-0.39, 0.29) is 0 Å². The highest BCUT2D eigenvalue weighted by molar-refractivity contribution is 5.53. The minimum absolute atomic E-state index is 0.380. The van der Waals surface area contributed by atoms with Crippen molar-refractivity contribution in [2.75, 3.05) is 0 Å². The molecular weight excluding hydrogens is 250 g/mol. The first-order chi connectivity index (χ1) is 9.61. The molecular formula is C17H17NO2. The number of isocyanates is 1. The van der Waals surface area contributed by atoms with Gasteiger partial charge in [-0.1, -0.05) is 24.3 Å². The maximum Gasteiger partial charge on any atom is 0.240 e. The number of ether oxygens (including phenoxy) is 1. The molecule has 0 spiro atoms. The number of benzene rings is 2. The van der Waals surface area contributed by atoms with Crippen LogP contribution in [0.2, 0.25) is 0 Å². The largest absolute Gasteiger partial charge is 0.489 e. The summed E-state index contributed by atoms with van der Waals surface area (Å²) < 4.78 is 5.86. The second kappa shape index (κ2) is 6.18. The number of hydrogen-bond donors (Lipinski definition) is 0. The summed E-state index contributed by atoms with van der Waals surface area (Å²) in [6.45, 7) is 6.55. The monoisotopic (exact) mass is 267 g/mol. The summed E-state index contributed by atoms with van der Waals surface area (Å²) in [6.07, 6.45) is 1.57. The van der Waals surface area contributed by atoms with Gasteiger partial charge >= 0.3 is 0 Å². The Hall–Kier alpha value is -2.38. The van der Waals surface area contributed by atoms with Crippen LogP contribution in [0.5, 0.6) is 5.75 Å². The zero-order chi connectivity index (χ0) is 14.5. The number of para-hydroxylation sites is 1. The van der Waals surface area contributed by atoms with Gasteiger partial charge in [-0.2, -0.15) is 4.99 Å². The van der Waals surface area contributed by atoms with E-state index in [1.54, 1.807) is 12.1 Å². The van der Waals surface area contributed by atoms with E-state index in [1.807, 2.05) is 31.2 Å². The fraction of sp³-hybridized carbons (Fsp3) is 0.235. The third kappa shape index (κ3) is 3.14. The predicted octanol–water partition coefficient (Wildman–Crippen LogP) is 4.16. The van der Waals surface area contributed by atoms with Gasteiger partial charge in [0, 0.05) is 5.56 Å². The van der Waals surface area contributed by atoms with E-state index in [0.717, 1.165) is 16.9 Å². The van der Waals surface area contributed by atoms with E-state index in [0.29, 0.717) is 12.3 Å². The molecule has 3 heteroatoms. The normalized spacial score (nSPS) is 9.95. The Morgan fingerprint density at radius 3 is 2.50 bits per heavy atom. The van der Waals surface area contributed by atoms with Gasteiger partial charge in [-0.25, -0.2) is 4.79 Å². The Morgan fingerprint density at radius 2 is 1.75 bits per heavy atom. The average Bonchev–Trinajstić information content (AvgIpc) is 2.43. The summed E-state index contributed by atoms with van der Waals surface area (Å²) in [5, 5.41) is 0. The summed E-state index contributed by atoms with van der Waals surface area (Å²) in [7, 11) is 0. The molecule has 102 valence electrons. The lowest BCUT2D eigenvalue weighted by Gasteiger charge is -2.12. The summed E-state index contributed by atoms with van der Waals surface area (Å²) in [6, 6.07) is 11.6. The zero-order valence-corrected chi connectivity index (χ0v) is 11.9. The molecule has 20 heavy (non-hydrogen) atoms. The molecule has 0 N–H and O–H groups in total. The van der Waals surface area contributed by atoms with Gasteiger partial charge in [0.2, 0.25) is 6.08 Å². The zero-order valence-electron chi connectivity index (χ0n) is 11.9. The summed E-state index contributed by atoms with van der Waals surface area (Å²) in [5.74, 6) is 0.859. The molecule has 2 rings (SSSR count). The van der Waals surface area contributed by atoms with Gasteiger partial charge in [0.05, 0.1) is 5.69 Å².